The largest absolute Gasteiger partial charge is 0.462 e. The summed E-state index contributed by atoms with van der Waals surface area (Å²) in [5.41, 5.74) is 3.96. The van der Waals surface area contributed by atoms with E-state index < -0.39 is 21.9 Å². The molecule has 1 aliphatic rings. The highest BCUT2D eigenvalue weighted by atomic mass is 32.2. The molecule has 1 aromatic carbocycles. The standard InChI is InChI=1S/C25H35N3O5S/c1-7-28-18(5)22(25(30)33-8-2)23(19(28)6)34(31,32)27-14-10-12-20(15-27)24(29)26-21-13-9-11-16(3)17(21)4/h9,11,13,20H,7-8,10,12,14-15H2,1-6H3,(H,26,29). The number of rotatable bonds is 7. The fourth-order valence-electron chi connectivity index (χ4n) is 4.71. The maximum atomic E-state index is 13.8. The molecule has 1 N–H and O–H groups in total. The number of nitrogens with one attached hydrogen (secondary N) is 1. The fraction of sp³-hybridized carbons (Fsp3) is 0.520. The molecule has 1 saturated heterocycles. The third-order valence-corrected chi connectivity index (χ3v) is 8.77. The maximum Gasteiger partial charge on any atom is 0.341 e. The first-order valence-electron chi connectivity index (χ1n) is 11.8. The summed E-state index contributed by atoms with van der Waals surface area (Å²) >= 11 is 0. The minimum Gasteiger partial charge on any atom is -0.462 e. The Morgan fingerprint density at radius 1 is 1.12 bits per heavy atom. The number of benzene rings is 1. The number of piperidine rings is 1. The third-order valence-electron chi connectivity index (χ3n) is 6.74. The molecular formula is C25H35N3O5S. The van der Waals surface area contributed by atoms with Gasteiger partial charge in [0.2, 0.25) is 15.9 Å². The molecule has 0 spiro atoms. The summed E-state index contributed by atoms with van der Waals surface area (Å²) in [5, 5.41) is 2.97. The van der Waals surface area contributed by atoms with E-state index in [0.29, 0.717) is 37.3 Å². The number of hydrogen-bond donors (Lipinski definition) is 1. The summed E-state index contributed by atoms with van der Waals surface area (Å²) in [7, 11) is -4.02. The quantitative estimate of drug-likeness (QED) is 0.594. The van der Waals surface area contributed by atoms with E-state index >= 15 is 0 Å². The van der Waals surface area contributed by atoms with Crippen LogP contribution in [0, 0.1) is 33.6 Å². The van der Waals surface area contributed by atoms with Gasteiger partial charge in [0, 0.05) is 36.7 Å². The first-order chi connectivity index (χ1) is 16.0. The summed E-state index contributed by atoms with van der Waals surface area (Å²) in [6, 6.07) is 5.71. The van der Waals surface area contributed by atoms with Gasteiger partial charge in [0.05, 0.1) is 12.5 Å². The van der Waals surface area contributed by atoms with E-state index in [0.717, 1.165) is 16.8 Å². The average Bonchev–Trinajstić information content (AvgIpc) is 3.07. The van der Waals surface area contributed by atoms with E-state index in [1.807, 2.05) is 43.5 Å². The number of sulfonamides is 1. The van der Waals surface area contributed by atoms with Gasteiger partial charge in [-0.2, -0.15) is 4.31 Å². The highest BCUT2D eigenvalue weighted by Gasteiger charge is 2.39. The molecule has 2 heterocycles. The van der Waals surface area contributed by atoms with Gasteiger partial charge in [0.25, 0.3) is 0 Å². The number of carbonyl (C=O) groups excluding carboxylic acids is 2. The molecule has 0 bridgehead atoms. The Bertz CT molecular complexity index is 1200. The fourth-order valence-corrected chi connectivity index (χ4v) is 6.69. The van der Waals surface area contributed by atoms with Gasteiger partial charge in [-0.05, 0) is 71.6 Å². The molecule has 34 heavy (non-hydrogen) atoms. The van der Waals surface area contributed by atoms with E-state index in [-0.39, 0.29) is 29.5 Å². The SMILES string of the molecule is CCOC(=O)c1c(S(=O)(=O)N2CCCC(C(=O)Nc3cccc(C)c3C)C2)c(C)n(CC)c1C. The maximum absolute atomic E-state index is 13.8. The molecule has 0 aliphatic carbocycles. The van der Waals surface area contributed by atoms with E-state index in [1.54, 1.807) is 20.8 Å². The second kappa shape index (κ2) is 10.3. The zero-order valence-electron chi connectivity index (χ0n) is 20.9. The summed E-state index contributed by atoms with van der Waals surface area (Å²) in [6.45, 7) is 12.0. The van der Waals surface area contributed by atoms with Gasteiger partial charge in [-0.15, -0.1) is 0 Å². The number of amides is 1. The molecule has 1 aromatic heterocycles. The number of anilines is 1. The van der Waals surface area contributed by atoms with Crippen LogP contribution in [0.2, 0.25) is 0 Å². The monoisotopic (exact) mass is 489 g/mol. The highest BCUT2D eigenvalue weighted by Crippen LogP contribution is 2.33. The van der Waals surface area contributed by atoms with Crippen LogP contribution in [-0.4, -0.2) is 48.9 Å². The predicted octanol–water partition coefficient (Wildman–Crippen LogP) is 3.96. The number of nitrogens with zero attached hydrogens (tertiary/aromatic N) is 2. The normalized spacial score (nSPS) is 16.9. The molecule has 1 aliphatic heterocycles. The van der Waals surface area contributed by atoms with Gasteiger partial charge >= 0.3 is 5.97 Å². The molecule has 186 valence electrons. The zero-order chi connectivity index (χ0) is 25.2. The first kappa shape index (κ1) is 26.0. The number of aryl methyl sites for hydroxylation is 1. The summed E-state index contributed by atoms with van der Waals surface area (Å²) < 4.78 is 36.0. The second-order valence-corrected chi connectivity index (χ2v) is 10.7. The lowest BCUT2D eigenvalue weighted by atomic mass is 9.98. The van der Waals surface area contributed by atoms with Gasteiger partial charge in [0.15, 0.2) is 0 Å². The van der Waals surface area contributed by atoms with Crippen molar-refractivity contribution in [3.05, 3.63) is 46.3 Å². The Morgan fingerprint density at radius 3 is 2.47 bits per heavy atom. The number of esters is 1. The molecule has 8 nitrogen and oxygen atoms in total. The van der Waals surface area contributed by atoms with Crippen molar-refractivity contribution < 1.29 is 22.7 Å². The lowest BCUT2D eigenvalue weighted by Crippen LogP contribution is -2.44. The zero-order valence-corrected chi connectivity index (χ0v) is 21.7. The van der Waals surface area contributed by atoms with Gasteiger partial charge in [0.1, 0.15) is 10.5 Å². The van der Waals surface area contributed by atoms with Crippen molar-refractivity contribution >= 4 is 27.6 Å². The smallest absolute Gasteiger partial charge is 0.341 e. The average molecular weight is 490 g/mol. The van der Waals surface area contributed by atoms with E-state index in [9.17, 15) is 18.0 Å². The summed E-state index contributed by atoms with van der Waals surface area (Å²) in [5.74, 6) is -1.32. The lowest BCUT2D eigenvalue weighted by Gasteiger charge is -2.31. The Kier molecular flexibility index (Phi) is 7.88. The van der Waals surface area contributed by atoms with Crippen molar-refractivity contribution in [2.75, 3.05) is 25.0 Å². The van der Waals surface area contributed by atoms with Crippen LogP contribution in [0.3, 0.4) is 0 Å². The number of ether oxygens (including phenoxy) is 1. The van der Waals surface area contributed by atoms with Crippen LogP contribution in [0.4, 0.5) is 5.69 Å². The summed E-state index contributed by atoms with van der Waals surface area (Å²) in [4.78, 5) is 25.8. The van der Waals surface area contributed by atoms with Crippen LogP contribution in [-0.2, 0) is 26.1 Å². The molecule has 1 unspecified atom stereocenters. The lowest BCUT2D eigenvalue weighted by molar-refractivity contribution is -0.120. The van der Waals surface area contributed by atoms with E-state index in [4.69, 9.17) is 4.74 Å². The highest BCUT2D eigenvalue weighted by molar-refractivity contribution is 7.89. The predicted molar refractivity (Wildman–Crippen MR) is 132 cm³/mol. The number of aromatic nitrogens is 1. The summed E-state index contributed by atoms with van der Waals surface area (Å²) in [6.07, 6.45) is 1.16. The Balaban J connectivity index is 1.92. The second-order valence-electron chi connectivity index (χ2n) is 8.78. The minimum atomic E-state index is -4.02. The van der Waals surface area contributed by atoms with Crippen molar-refractivity contribution in [3.63, 3.8) is 0 Å². The van der Waals surface area contributed by atoms with E-state index in [1.165, 1.54) is 4.31 Å². The Labute approximate surface area is 202 Å². The van der Waals surface area contributed by atoms with E-state index in [2.05, 4.69) is 5.32 Å². The molecule has 0 saturated carbocycles. The van der Waals surface area contributed by atoms with Gasteiger partial charge in [-0.25, -0.2) is 13.2 Å². The van der Waals surface area contributed by atoms with Crippen LogP contribution in [0.25, 0.3) is 0 Å². The van der Waals surface area contributed by atoms with Crippen LogP contribution >= 0.6 is 0 Å². The van der Waals surface area contributed by atoms with Crippen LogP contribution in [0.15, 0.2) is 23.1 Å². The Morgan fingerprint density at radius 2 is 1.82 bits per heavy atom. The molecule has 3 rings (SSSR count). The van der Waals surface area contributed by atoms with Crippen LogP contribution < -0.4 is 5.32 Å². The van der Waals surface area contributed by atoms with Crippen molar-refractivity contribution in [3.8, 4) is 0 Å². The van der Waals surface area contributed by atoms with Gasteiger partial charge in [-0.1, -0.05) is 12.1 Å². The number of hydrogen-bond acceptors (Lipinski definition) is 5. The third kappa shape index (κ3) is 4.77. The molecule has 1 atom stereocenters. The van der Waals surface area contributed by atoms with Crippen molar-refractivity contribution in [2.45, 2.75) is 65.8 Å². The molecule has 1 amide bonds. The Hall–Kier alpha value is -2.65. The van der Waals surface area contributed by atoms with Crippen LogP contribution in [0.1, 0.15) is 59.6 Å². The van der Waals surface area contributed by atoms with Crippen molar-refractivity contribution in [1.82, 2.24) is 8.87 Å². The first-order valence-corrected chi connectivity index (χ1v) is 13.2. The molecule has 1 fully saturated rings. The molecule has 0 radical (unpaired) electrons. The van der Waals surface area contributed by atoms with Crippen molar-refractivity contribution in [1.29, 1.82) is 0 Å². The molecule has 9 heteroatoms. The molecule has 2 aromatic rings. The topological polar surface area (TPSA) is 97.7 Å². The van der Waals surface area contributed by atoms with Gasteiger partial charge < -0.3 is 14.6 Å². The van der Waals surface area contributed by atoms with Crippen LogP contribution in [0.5, 0.6) is 0 Å². The molecular weight excluding hydrogens is 454 g/mol. The van der Waals surface area contributed by atoms with Gasteiger partial charge in [-0.3, -0.25) is 4.79 Å². The minimum absolute atomic E-state index is 0.0131. The van der Waals surface area contributed by atoms with Crippen molar-refractivity contribution in [2.24, 2.45) is 5.92 Å². The number of carbonyl (C=O) groups is 2.